The van der Waals surface area contributed by atoms with Gasteiger partial charge in [0, 0.05) is 24.8 Å². The molecule has 0 unspecified atom stereocenters. The minimum atomic E-state index is -0.303. The summed E-state index contributed by atoms with van der Waals surface area (Å²) in [4.78, 5) is 13.4. The number of ether oxygens (including phenoxy) is 1. The molecule has 0 radical (unpaired) electrons. The van der Waals surface area contributed by atoms with Gasteiger partial charge in [0.2, 0.25) is 0 Å². The largest absolute Gasteiger partial charge is 0.469 e. The molecule has 0 spiro atoms. The number of hydrogen-bond acceptors (Lipinski definition) is 4. The van der Waals surface area contributed by atoms with Gasteiger partial charge in [-0.1, -0.05) is 12.1 Å². The highest BCUT2D eigenvalue weighted by molar-refractivity contribution is 5.85. The standard InChI is InChI=1S/C14H22N2O2.ClH/c1-4-16(5-2)12-8-6-11(7-9-12)13(15)10-14(17)18-3;/h6-9,13H,4-5,10,15H2,1-3H3;1H/t13-;/m1./s1. The molecule has 5 heteroatoms. The van der Waals surface area contributed by atoms with E-state index in [2.05, 4.69) is 23.5 Å². The highest BCUT2D eigenvalue weighted by Gasteiger charge is 2.12. The van der Waals surface area contributed by atoms with E-state index >= 15 is 0 Å². The van der Waals surface area contributed by atoms with Crippen molar-refractivity contribution in [2.75, 3.05) is 25.1 Å². The summed E-state index contributed by atoms with van der Waals surface area (Å²) in [7, 11) is 1.37. The second kappa shape index (κ2) is 8.77. The van der Waals surface area contributed by atoms with E-state index in [4.69, 9.17) is 5.73 Å². The first-order valence-corrected chi connectivity index (χ1v) is 6.29. The molecule has 19 heavy (non-hydrogen) atoms. The average Bonchev–Trinajstić information content (AvgIpc) is 2.40. The Kier molecular flexibility index (Phi) is 8.19. The molecule has 1 rings (SSSR count). The topological polar surface area (TPSA) is 55.6 Å². The van der Waals surface area contributed by atoms with Gasteiger partial charge in [0.25, 0.3) is 0 Å². The summed E-state index contributed by atoms with van der Waals surface area (Å²) in [5.41, 5.74) is 8.08. The van der Waals surface area contributed by atoms with Crippen LogP contribution in [0.5, 0.6) is 0 Å². The van der Waals surface area contributed by atoms with Crippen molar-refractivity contribution in [3.8, 4) is 0 Å². The van der Waals surface area contributed by atoms with Gasteiger partial charge >= 0.3 is 5.97 Å². The van der Waals surface area contributed by atoms with Crippen LogP contribution in [0.25, 0.3) is 0 Å². The average molecular weight is 287 g/mol. The van der Waals surface area contributed by atoms with Crippen LogP contribution in [0.4, 0.5) is 5.69 Å². The second-order valence-electron chi connectivity index (χ2n) is 4.15. The molecule has 0 fully saturated rings. The van der Waals surface area contributed by atoms with Crippen LogP contribution in [-0.2, 0) is 9.53 Å². The Bertz CT molecular complexity index is 378. The maximum absolute atomic E-state index is 11.2. The van der Waals surface area contributed by atoms with Crippen LogP contribution in [0.1, 0.15) is 31.9 Å². The van der Waals surface area contributed by atoms with Gasteiger partial charge in [-0.05, 0) is 31.5 Å². The molecule has 1 aromatic rings. The smallest absolute Gasteiger partial charge is 0.307 e. The molecule has 0 heterocycles. The Balaban J connectivity index is 0.00000324. The number of benzene rings is 1. The molecule has 0 bridgehead atoms. The van der Waals surface area contributed by atoms with Gasteiger partial charge in [-0.2, -0.15) is 0 Å². The number of carbonyl (C=O) groups excluding carboxylic acids is 1. The molecule has 0 saturated carbocycles. The molecule has 0 aliphatic carbocycles. The first kappa shape index (κ1) is 17.7. The first-order valence-electron chi connectivity index (χ1n) is 6.29. The van der Waals surface area contributed by atoms with Crippen LogP contribution in [0.2, 0.25) is 0 Å². The number of nitrogens with two attached hydrogens (primary N) is 1. The van der Waals surface area contributed by atoms with Gasteiger partial charge in [0.15, 0.2) is 0 Å². The molecular formula is C14H23ClN2O2. The van der Waals surface area contributed by atoms with Crippen LogP contribution < -0.4 is 10.6 Å². The quantitative estimate of drug-likeness (QED) is 0.817. The highest BCUT2D eigenvalue weighted by Crippen LogP contribution is 2.20. The van der Waals surface area contributed by atoms with Crippen molar-refractivity contribution < 1.29 is 9.53 Å². The van der Waals surface area contributed by atoms with Crippen molar-refractivity contribution in [1.29, 1.82) is 0 Å². The third kappa shape index (κ3) is 5.09. The zero-order valence-corrected chi connectivity index (χ0v) is 12.6. The third-order valence-electron chi connectivity index (χ3n) is 3.06. The molecule has 0 aromatic heterocycles. The lowest BCUT2D eigenvalue weighted by Crippen LogP contribution is -2.22. The summed E-state index contributed by atoms with van der Waals surface area (Å²) in [6.07, 6.45) is 0.209. The van der Waals surface area contributed by atoms with Gasteiger partial charge < -0.3 is 15.4 Å². The van der Waals surface area contributed by atoms with Gasteiger partial charge in [-0.15, -0.1) is 12.4 Å². The zero-order valence-electron chi connectivity index (χ0n) is 11.8. The molecule has 4 nitrogen and oxygen atoms in total. The van der Waals surface area contributed by atoms with Crippen molar-refractivity contribution in [3.05, 3.63) is 29.8 Å². The lowest BCUT2D eigenvalue weighted by molar-refractivity contribution is -0.141. The Morgan fingerprint density at radius 2 is 1.79 bits per heavy atom. The van der Waals surface area contributed by atoms with Crippen molar-refractivity contribution in [3.63, 3.8) is 0 Å². The molecule has 1 atom stereocenters. The van der Waals surface area contributed by atoms with E-state index in [0.717, 1.165) is 18.7 Å². The van der Waals surface area contributed by atoms with Gasteiger partial charge in [-0.25, -0.2) is 0 Å². The number of carbonyl (C=O) groups is 1. The van der Waals surface area contributed by atoms with E-state index in [-0.39, 0.29) is 30.8 Å². The van der Waals surface area contributed by atoms with Gasteiger partial charge in [-0.3, -0.25) is 4.79 Å². The van der Waals surface area contributed by atoms with E-state index in [9.17, 15) is 4.79 Å². The van der Waals surface area contributed by atoms with Crippen LogP contribution in [-0.4, -0.2) is 26.2 Å². The number of esters is 1. The summed E-state index contributed by atoms with van der Waals surface area (Å²) in [6.45, 7) is 6.20. The lowest BCUT2D eigenvalue weighted by Gasteiger charge is -2.21. The summed E-state index contributed by atoms with van der Waals surface area (Å²) >= 11 is 0. The molecule has 108 valence electrons. The van der Waals surface area contributed by atoms with E-state index in [1.165, 1.54) is 12.8 Å². The molecule has 0 saturated heterocycles. The van der Waals surface area contributed by atoms with Crippen LogP contribution >= 0.6 is 12.4 Å². The van der Waals surface area contributed by atoms with Crippen molar-refractivity contribution in [2.24, 2.45) is 5.73 Å². The molecular weight excluding hydrogens is 264 g/mol. The minimum Gasteiger partial charge on any atom is -0.469 e. The van der Waals surface area contributed by atoms with Crippen LogP contribution in [0.15, 0.2) is 24.3 Å². The molecule has 0 aliphatic rings. The molecule has 2 N–H and O–H groups in total. The maximum atomic E-state index is 11.2. The summed E-state index contributed by atoms with van der Waals surface area (Å²) in [5, 5.41) is 0. The first-order chi connectivity index (χ1) is 8.62. The predicted octanol–water partition coefficient (Wildman–Crippen LogP) is 2.52. The minimum absolute atomic E-state index is 0. The maximum Gasteiger partial charge on any atom is 0.307 e. The molecule has 0 amide bonds. The van der Waals surface area contributed by atoms with E-state index < -0.39 is 0 Å². The summed E-state index contributed by atoms with van der Waals surface area (Å²) in [6, 6.07) is 7.73. The second-order valence-corrected chi connectivity index (χ2v) is 4.15. The fourth-order valence-electron chi connectivity index (χ4n) is 1.90. The van der Waals surface area contributed by atoms with E-state index in [0.29, 0.717) is 0 Å². The monoisotopic (exact) mass is 286 g/mol. The SMILES string of the molecule is CCN(CC)c1ccc([C@H](N)CC(=O)OC)cc1.Cl. The van der Waals surface area contributed by atoms with E-state index in [1.54, 1.807) is 0 Å². The summed E-state index contributed by atoms with van der Waals surface area (Å²) < 4.78 is 4.61. The van der Waals surface area contributed by atoms with E-state index in [1.807, 2.05) is 24.3 Å². The Morgan fingerprint density at radius 3 is 2.21 bits per heavy atom. The van der Waals surface area contributed by atoms with Gasteiger partial charge in [0.05, 0.1) is 13.5 Å². The molecule has 0 aliphatic heterocycles. The number of anilines is 1. The Hall–Kier alpha value is -1.26. The number of halogens is 1. The fraction of sp³-hybridized carbons (Fsp3) is 0.500. The van der Waals surface area contributed by atoms with Crippen molar-refractivity contribution in [2.45, 2.75) is 26.3 Å². The normalized spacial score (nSPS) is 11.4. The highest BCUT2D eigenvalue weighted by atomic mass is 35.5. The zero-order chi connectivity index (χ0) is 13.5. The van der Waals surface area contributed by atoms with Crippen LogP contribution in [0.3, 0.4) is 0 Å². The number of hydrogen-bond donors (Lipinski definition) is 1. The number of nitrogens with zero attached hydrogens (tertiary/aromatic N) is 1. The molecule has 1 aromatic carbocycles. The Labute approximate surface area is 121 Å². The predicted molar refractivity (Wildman–Crippen MR) is 80.8 cm³/mol. The van der Waals surface area contributed by atoms with Crippen LogP contribution in [0, 0.1) is 0 Å². The van der Waals surface area contributed by atoms with Gasteiger partial charge in [0.1, 0.15) is 0 Å². The number of rotatable bonds is 6. The lowest BCUT2D eigenvalue weighted by atomic mass is 10.0. The summed E-state index contributed by atoms with van der Waals surface area (Å²) in [5.74, 6) is -0.282. The fourth-order valence-corrected chi connectivity index (χ4v) is 1.90. The Morgan fingerprint density at radius 1 is 1.26 bits per heavy atom. The third-order valence-corrected chi connectivity index (χ3v) is 3.06. The number of methoxy groups -OCH3 is 1. The van der Waals surface area contributed by atoms with Crippen molar-refractivity contribution in [1.82, 2.24) is 0 Å². The van der Waals surface area contributed by atoms with Crippen molar-refractivity contribution >= 4 is 24.1 Å².